The Morgan fingerprint density at radius 2 is 2.42 bits per heavy atom. The third kappa shape index (κ3) is 2.46. The maximum atomic E-state index is 11.2. The van der Waals surface area contributed by atoms with Gasteiger partial charge in [0, 0.05) is 13.1 Å². The van der Waals surface area contributed by atoms with Crippen LogP contribution in [0.15, 0.2) is 0 Å². The maximum Gasteiger partial charge on any atom is 0.336 e. The minimum Gasteiger partial charge on any atom is -0.464 e. The van der Waals surface area contributed by atoms with Gasteiger partial charge in [-0.05, 0) is 13.8 Å². The molecule has 1 heterocycles. The molecular formula is C8H15NO3. The van der Waals surface area contributed by atoms with Crippen molar-refractivity contribution in [3.8, 4) is 0 Å². The third-order valence-corrected chi connectivity index (χ3v) is 1.71. The summed E-state index contributed by atoms with van der Waals surface area (Å²) in [6.45, 7) is 5.49. The summed E-state index contributed by atoms with van der Waals surface area (Å²) in [4.78, 5) is 11.2. The topological polar surface area (TPSA) is 47.6 Å². The van der Waals surface area contributed by atoms with Gasteiger partial charge in [0.1, 0.15) is 0 Å². The zero-order valence-electron chi connectivity index (χ0n) is 7.50. The quantitative estimate of drug-likeness (QED) is 0.594. The van der Waals surface area contributed by atoms with Crippen LogP contribution in [0.5, 0.6) is 0 Å². The molecule has 0 unspecified atom stereocenters. The molecule has 1 saturated heterocycles. The van der Waals surface area contributed by atoms with Gasteiger partial charge in [-0.25, -0.2) is 4.79 Å². The second-order valence-electron chi connectivity index (χ2n) is 2.85. The Kier molecular flexibility index (Phi) is 3.49. The molecule has 4 nitrogen and oxygen atoms in total. The van der Waals surface area contributed by atoms with Crippen LogP contribution in [0.1, 0.15) is 13.8 Å². The van der Waals surface area contributed by atoms with E-state index in [1.165, 1.54) is 0 Å². The summed E-state index contributed by atoms with van der Waals surface area (Å²) < 4.78 is 10.2. The van der Waals surface area contributed by atoms with Crippen molar-refractivity contribution in [2.45, 2.75) is 26.1 Å². The van der Waals surface area contributed by atoms with E-state index in [2.05, 4.69) is 5.32 Å². The van der Waals surface area contributed by atoms with E-state index in [0.717, 1.165) is 6.54 Å². The van der Waals surface area contributed by atoms with E-state index in [4.69, 9.17) is 9.47 Å². The van der Waals surface area contributed by atoms with Gasteiger partial charge in [-0.15, -0.1) is 0 Å². The fourth-order valence-electron chi connectivity index (χ4n) is 1.17. The predicted molar refractivity (Wildman–Crippen MR) is 43.8 cm³/mol. The fourth-order valence-corrected chi connectivity index (χ4v) is 1.17. The van der Waals surface area contributed by atoms with E-state index < -0.39 is 6.10 Å². The Hall–Kier alpha value is -0.610. The molecule has 0 saturated carbocycles. The number of carbonyl (C=O) groups excluding carboxylic acids is 1. The zero-order valence-corrected chi connectivity index (χ0v) is 7.50. The average Bonchev–Trinajstić information content (AvgIpc) is 2.05. The van der Waals surface area contributed by atoms with Gasteiger partial charge in [0.05, 0.1) is 12.7 Å². The molecule has 0 aromatic carbocycles. The summed E-state index contributed by atoms with van der Waals surface area (Å²) in [5.74, 6) is -0.267. The van der Waals surface area contributed by atoms with Gasteiger partial charge in [-0.3, -0.25) is 0 Å². The van der Waals surface area contributed by atoms with E-state index in [-0.39, 0.29) is 12.1 Å². The van der Waals surface area contributed by atoms with Crippen LogP contribution in [0.4, 0.5) is 0 Å². The Morgan fingerprint density at radius 1 is 1.67 bits per heavy atom. The lowest BCUT2D eigenvalue weighted by Crippen LogP contribution is -2.47. The second-order valence-corrected chi connectivity index (χ2v) is 2.85. The van der Waals surface area contributed by atoms with Crippen LogP contribution in [0.2, 0.25) is 0 Å². The van der Waals surface area contributed by atoms with E-state index in [1.54, 1.807) is 6.92 Å². The monoisotopic (exact) mass is 173 g/mol. The van der Waals surface area contributed by atoms with E-state index in [0.29, 0.717) is 13.2 Å². The first kappa shape index (κ1) is 9.48. The van der Waals surface area contributed by atoms with Gasteiger partial charge < -0.3 is 14.8 Å². The summed E-state index contributed by atoms with van der Waals surface area (Å²) in [6.07, 6.45) is -0.332. The molecule has 12 heavy (non-hydrogen) atoms. The Balaban J connectivity index is 2.35. The van der Waals surface area contributed by atoms with Crippen molar-refractivity contribution in [3.63, 3.8) is 0 Å². The van der Waals surface area contributed by atoms with Gasteiger partial charge in [-0.2, -0.15) is 0 Å². The van der Waals surface area contributed by atoms with Crippen molar-refractivity contribution < 1.29 is 14.3 Å². The molecule has 0 radical (unpaired) electrons. The van der Waals surface area contributed by atoms with Gasteiger partial charge in [0.25, 0.3) is 0 Å². The number of hydrogen-bond donors (Lipinski definition) is 1. The standard InChI is InChI=1S/C8H15NO3/c1-3-11-8(10)7-5-9-4-6(2)12-7/h6-7,9H,3-5H2,1-2H3/t6-,7-/m0/s1. The highest BCUT2D eigenvalue weighted by Gasteiger charge is 2.26. The summed E-state index contributed by atoms with van der Waals surface area (Å²) in [6, 6.07) is 0. The highest BCUT2D eigenvalue weighted by molar-refractivity contribution is 5.75. The number of nitrogens with one attached hydrogen (secondary N) is 1. The molecule has 0 amide bonds. The van der Waals surface area contributed by atoms with Crippen LogP contribution in [0.25, 0.3) is 0 Å². The van der Waals surface area contributed by atoms with E-state index in [9.17, 15) is 4.79 Å². The molecule has 0 spiro atoms. The van der Waals surface area contributed by atoms with Crippen molar-refractivity contribution in [1.82, 2.24) is 5.32 Å². The second kappa shape index (κ2) is 4.42. The van der Waals surface area contributed by atoms with Crippen molar-refractivity contribution in [2.75, 3.05) is 19.7 Å². The first-order valence-corrected chi connectivity index (χ1v) is 4.27. The molecule has 70 valence electrons. The summed E-state index contributed by atoms with van der Waals surface area (Å²) in [5, 5.41) is 3.10. The molecule has 0 aromatic rings. The SMILES string of the molecule is CCOC(=O)[C@@H]1CNC[C@H](C)O1. The van der Waals surface area contributed by atoms with Crippen LogP contribution in [0, 0.1) is 0 Å². The van der Waals surface area contributed by atoms with Crippen molar-refractivity contribution in [1.29, 1.82) is 0 Å². The fraction of sp³-hybridized carbons (Fsp3) is 0.875. The van der Waals surface area contributed by atoms with Gasteiger partial charge >= 0.3 is 5.97 Å². The molecule has 0 bridgehead atoms. The van der Waals surface area contributed by atoms with Gasteiger partial charge in [0.2, 0.25) is 0 Å². The Morgan fingerprint density at radius 3 is 3.00 bits per heavy atom. The van der Waals surface area contributed by atoms with Crippen LogP contribution < -0.4 is 5.32 Å². The van der Waals surface area contributed by atoms with Crippen LogP contribution in [0.3, 0.4) is 0 Å². The minimum absolute atomic E-state index is 0.0909. The van der Waals surface area contributed by atoms with Crippen molar-refractivity contribution >= 4 is 5.97 Å². The van der Waals surface area contributed by atoms with Crippen molar-refractivity contribution in [3.05, 3.63) is 0 Å². The number of hydrogen-bond acceptors (Lipinski definition) is 4. The predicted octanol–water partition coefficient (Wildman–Crippen LogP) is -0.0736. The minimum atomic E-state index is -0.423. The number of ether oxygens (including phenoxy) is 2. The summed E-state index contributed by atoms with van der Waals surface area (Å²) >= 11 is 0. The van der Waals surface area contributed by atoms with E-state index in [1.807, 2.05) is 6.92 Å². The third-order valence-electron chi connectivity index (χ3n) is 1.71. The number of esters is 1. The number of carbonyl (C=O) groups is 1. The van der Waals surface area contributed by atoms with Gasteiger partial charge in [0.15, 0.2) is 6.10 Å². The average molecular weight is 173 g/mol. The van der Waals surface area contributed by atoms with Crippen LogP contribution in [-0.2, 0) is 14.3 Å². The zero-order chi connectivity index (χ0) is 8.97. The first-order chi connectivity index (χ1) is 5.74. The normalized spacial score (nSPS) is 29.8. The smallest absolute Gasteiger partial charge is 0.336 e. The van der Waals surface area contributed by atoms with E-state index >= 15 is 0 Å². The Bertz CT molecular complexity index is 160. The Labute approximate surface area is 72.2 Å². The van der Waals surface area contributed by atoms with Gasteiger partial charge in [-0.1, -0.05) is 0 Å². The highest BCUT2D eigenvalue weighted by atomic mass is 16.6. The first-order valence-electron chi connectivity index (χ1n) is 4.27. The number of morpholine rings is 1. The highest BCUT2D eigenvalue weighted by Crippen LogP contribution is 2.04. The molecule has 1 N–H and O–H groups in total. The molecule has 0 aromatic heterocycles. The molecule has 1 aliphatic heterocycles. The molecule has 4 heteroatoms. The largest absolute Gasteiger partial charge is 0.464 e. The molecule has 0 aliphatic carbocycles. The molecule has 2 atom stereocenters. The molecule has 1 rings (SSSR count). The van der Waals surface area contributed by atoms with Crippen LogP contribution in [-0.4, -0.2) is 37.9 Å². The summed E-state index contributed by atoms with van der Waals surface area (Å²) in [5.41, 5.74) is 0. The maximum absolute atomic E-state index is 11.2. The lowest BCUT2D eigenvalue weighted by atomic mass is 10.2. The molecule has 1 aliphatic rings. The molecular weight excluding hydrogens is 158 g/mol. The number of rotatable bonds is 2. The van der Waals surface area contributed by atoms with Crippen molar-refractivity contribution in [2.24, 2.45) is 0 Å². The lowest BCUT2D eigenvalue weighted by molar-refractivity contribution is -0.162. The summed E-state index contributed by atoms with van der Waals surface area (Å²) in [7, 11) is 0. The molecule has 1 fully saturated rings. The van der Waals surface area contributed by atoms with Crippen LogP contribution >= 0.6 is 0 Å². The lowest BCUT2D eigenvalue weighted by Gasteiger charge is -2.26.